The molecule has 3 heterocycles. The van der Waals surface area contributed by atoms with Crippen LogP contribution in [0.4, 0.5) is 11.4 Å². The molecule has 0 amide bonds. The molecule has 0 saturated carbocycles. The largest absolute Gasteiger partial charge is 0.383 e. The Labute approximate surface area is 219 Å². The van der Waals surface area contributed by atoms with Crippen molar-refractivity contribution in [3.05, 3.63) is 85.4 Å². The summed E-state index contributed by atoms with van der Waals surface area (Å²) in [6, 6.07) is 12.2. The summed E-state index contributed by atoms with van der Waals surface area (Å²) in [4.78, 5) is 31.6. The highest BCUT2D eigenvalue weighted by Crippen LogP contribution is 2.30. The van der Waals surface area contributed by atoms with E-state index in [1.165, 1.54) is 12.1 Å². The van der Waals surface area contributed by atoms with Crippen LogP contribution in [0.3, 0.4) is 0 Å². The first-order chi connectivity index (χ1) is 18.4. The number of nitrogens with zero attached hydrogens (tertiary/aromatic N) is 7. The van der Waals surface area contributed by atoms with E-state index >= 15 is 0 Å². The number of aromatic amines is 1. The van der Waals surface area contributed by atoms with Crippen molar-refractivity contribution in [2.45, 2.75) is 26.4 Å². The zero-order valence-electron chi connectivity index (χ0n) is 21.6. The molecule has 0 aliphatic carbocycles. The number of hydrogen-bond donors (Lipinski definition) is 1. The van der Waals surface area contributed by atoms with E-state index in [4.69, 9.17) is 4.74 Å². The maximum atomic E-state index is 13.5. The number of aryl methyl sites for hydroxylation is 2. The molecule has 4 aromatic rings. The normalized spacial score (nSPS) is 15.2. The molecule has 12 heteroatoms. The number of methoxy groups -OCH3 is 1. The van der Waals surface area contributed by atoms with E-state index in [1.807, 2.05) is 26.0 Å². The number of non-ortho nitro benzene ring substituents is 1. The Morgan fingerprint density at radius 3 is 2.53 bits per heavy atom. The number of aromatic nitrogens is 5. The predicted molar refractivity (Wildman–Crippen MR) is 142 cm³/mol. The number of nitro benzene ring substituents is 1. The average Bonchev–Trinajstić information content (AvgIpc) is 3.36. The van der Waals surface area contributed by atoms with Gasteiger partial charge in [-0.1, -0.05) is 6.07 Å². The molecule has 1 fully saturated rings. The number of anilines is 1. The highest BCUT2D eigenvalue weighted by Gasteiger charge is 2.33. The number of nitro groups is 1. The van der Waals surface area contributed by atoms with E-state index in [0.29, 0.717) is 50.7 Å². The summed E-state index contributed by atoms with van der Waals surface area (Å²) in [6.45, 7) is 7.59. The first-order valence-electron chi connectivity index (χ1n) is 12.5. The van der Waals surface area contributed by atoms with Gasteiger partial charge in [0, 0.05) is 67.6 Å². The van der Waals surface area contributed by atoms with E-state index in [0.717, 1.165) is 27.7 Å². The standard InChI is InChI=1S/C26H30N8O4/c1-17-14-18(2)21-16-22(26(35)27-23(21)15-17)24(25-28-29-30-33(25)12-13-38-3)32-10-8-31(9-11-32)19-4-6-20(7-5-19)34(36)37/h4-7,14-16,24H,8-13H2,1-3H3,(H,27,35)/t24-/m0/s1. The minimum atomic E-state index is -0.463. The number of rotatable bonds is 8. The number of pyridine rings is 1. The van der Waals surface area contributed by atoms with Gasteiger partial charge in [-0.3, -0.25) is 19.8 Å². The highest BCUT2D eigenvalue weighted by atomic mass is 16.6. The fourth-order valence-corrected chi connectivity index (χ4v) is 5.16. The summed E-state index contributed by atoms with van der Waals surface area (Å²) in [5.74, 6) is 0.584. The van der Waals surface area contributed by atoms with Crippen LogP contribution in [0.5, 0.6) is 0 Å². The minimum Gasteiger partial charge on any atom is -0.383 e. The van der Waals surface area contributed by atoms with Crippen LogP contribution in [0, 0.1) is 24.0 Å². The summed E-state index contributed by atoms with van der Waals surface area (Å²) in [5, 5.41) is 24.5. The summed E-state index contributed by atoms with van der Waals surface area (Å²) in [7, 11) is 1.62. The Morgan fingerprint density at radius 1 is 1.11 bits per heavy atom. The van der Waals surface area contributed by atoms with Crippen LogP contribution in [0.1, 0.15) is 28.6 Å². The lowest BCUT2D eigenvalue weighted by molar-refractivity contribution is -0.384. The Bertz CT molecular complexity index is 1510. The van der Waals surface area contributed by atoms with Crippen molar-refractivity contribution in [2.75, 3.05) is 44.8 Å². The van der Waals surface area contributed by atoms with Gasteiger partial charge in [0.25, 0.3) is 11.2 Å². The van der Waals surface area contributed by atoms with Gasteiger partial charge in [-0.2, -0.15) is 0 Å². The first-order valence-corrected chi connectivity index (χ1v) is 12.5. The van der Waals surface area contributed by atoms with Crippen molar-refractivity contribution in [2.24, 2.45) is 0 Å². The van der Waals surface area contributed by atoms with Gasteiger partial charge in [0.05, 0.1) is 18.1 Å². The molecule has 0 spiro atoms. The number of tetrazole rings is 1. The number of nitrogens with one attached hydrogen (secondary N) is 1. The van der Waals surface area contributed by atoms with E-state index in [-0.39, 0.29) is 11.2 Å². The van der Waals surface area contributed by atoms with Gasteiger partial charge < -0.3 is 14.6 Å². The minimum absolute atomic E-state index is 0.0661. The van der Waals surface area contributed by atoms with Crippen LogP contribution in [0.2, 0.25) is 0 Å². The van der Waals surface area contributed by atoms with Gasteiger partial charge in [0.15, 0.2) is 5.82 Å². The maximum Gasteiger partial charge on any atom is 0.269 e. The number of fused-ring (bicyclic) bond motifs is 1. The lowest BCUT2D eigenvalue weighted by Gasteiger charge is -2.39. The smallest absolute Gasteiger partial charge is 0.269 e. The third kappa shape index (κ3) is 5.00. The SMILES string of the molecule is COCCn1nnnc1[C@H](c1cc2c(C)cc(C)cc2[nH]c1=O)N1CCN(c2ccc([N+](=O)[O-])cc2)CC1. The Balaban J connectivity index is 1.50. The van der Waals surface area contributed by atoms with Gasteiger partial charge in [-0.05, 0) is 59.7 Å². The van der Waals surface area contributed by atoms with Crippen molar-refractivity contribution in [1.82, 2.24) is 30.1 Å². The highest BCUT2D eigenvalue weighted by molar-refractivity contribution is 5.83. The third-order valence-corrected chi connectivity index (χ3v) is 7.05. The molecule has 198 valence electrons. The van der Waals surface area contributed by atoms with E-state index < -0.39 is 11.0 Å². The predicted octanol–water partition coefficient (Wildman–Crippen LogP) is 2.60. The lowest BCUT2D eigenvalue weighted by atomic mass is 9.99. The van der Waals surface area contributed by atoms with Crippen LogP contribution in [-0.4, -0.2) is 74.9 Å². The second-order valence-electron chi connectivity index (χ2n) is 9.55. The molecule has 38 heavy (non-hydrogen) atoms. The van der Waals surface area contributed by atoms with E-state index in [1.54, 1.807) is 23.9 Å². The van der Waals surface area contributed by atoms with Crippen molar-refractivity contribution >= 4 is 22.3 Å². The van der Waals surface area contributed by atoms with Crippen LogP contribution < -0.4 is 10.5 Å². The number of piperazine rings is 1. The molecule has 1 aliphatic rings. The van der Waals surface area contributed by atoms with Gasteiger partial charge in [-0.25, -0.2) is 4.68 Å². The monoisotopic (exact) mass is 518 g/mol. The lowest BCUT2D eigenvalue weighted by Crippen LogP contribution is -2.49. The van der Waals surface area contributed by atoms with Crippen molar-refractivity contribution in [3.63, 3.8) is 0 Å². The van der Waals surface area contributed by atoms with E-state index in [2.05, 4.69) is 36.4 Å². The van der Waals surface area contributed by atoms with Crippen LogP contribution in [0.15, 0.2) is 47.3 Å². The Morgan fingerprint density at radius 2 is 1.84 bits per heavy atom. The second kappa shape index (κ2) is 10.7. The zero-order valence-corrected chi connectivity index (χ0v) is 21.6. The molecular weight excluding hydrogens is 488 g/mol. The average molecular weight is 519 g/mol. The second-order valence-corrected chi connectivity index (χ2v) is 9.55. The molecule has 5 rings (SSSR count). The molecule has 2 aromatic heterocycles. The Kier molecular flexibility index (Phi) is 7.16. The summed E-state index contributed by atoms with van der Waals surface area (Å²) in [6.07, 6.45) is 0. The topological polar surface area (TPSA) is 135 Å². The van der Waals surface area contributed by atoms with Gasteiger partial charge in [0.1, 0.15) is 6.04 Å². The number of ether oxygens (including phenoxy) is 1. The molecule has 2 aromatic carbocycles. The fourth-order valence-electron chi connectivity index (χ4n) is 5.16. The molecule has 0 radical (unpaired) electrons. The van der Waals surface area contributed by atoms with E-state index in [9.17, 15) is 14.9 Å². The first kappa shape index (κ1) is 25.5. The molecular formula is C26H30N8O4. The zero-order chi connectivity index (χ0) is 26.8. The number of hydrogen-bond acceptors (Lipinski definition) is 9. The fraction of sp³-hybridized carbons (Fsp3) is 0.385. The van der Waals surface area contributed by atoms with Crippen molar-refractivity contribution < 1.29 is 9.66 Å². The number of H-pyrrole nitrogens is 1. The molecule has 0 bridgehead atoms. The quantitative estimate of drug-likeness (QED) is 0.276. The third-order valence-electron chi connectivity index (χ3n) is 7.05. The van der Waals surface area contributed by atoms with Crippen molar-refractivity contribution in [1.29, 1.82) is 0 Å². The van der Waals surface area contributed by atoms with Crippen LogP contribution in [-0.2, 0) is 11.3 Å². The van der Waals surface area contributed by atoms with Crippen LogP contribution in [0.25, 0.3) is 10.9 Å². The molecule has 1 atom stereocenters. The van der Waals surface area contributed by atoms with Gasteiger partial charge in [0.2, 0.25) is 0 Å². The molecule has 12 nitrogen and oxygen atoms in total. The number of benzene rings is 2. The summed E-state index contributed by atoms with van der Waals surface area (Å²) < 4.78 is 6.95. The van der Waals surface area contributed by atoms with Gasteiger partial charge >= 0.3 is 0 Å². The molecule has 1 N–H and O–H groups in total. The molecule has 0 unspecified atom stereocenters. The van der Waals surface area contributed by atoms with Crippen LogP contribution >= 0.6 is 0 Å². The Hall–Kier alpha value is -4.16. The summed E-state index contributed by atoms with van der Waals surface area (Å²) >= 11 is 0. The van der Waals surface area contributed by atoms with Gasteiger partial charge in [-0.15, -0.1) is 5.10 Å². The van der Waals surface area contributed by atoms with Crippen molar-refractivity contribution in [3.8, 4) is 0 Å². The maximum absolute atomic E-state index is 13.5. The molecule has 1 saturated heterocycles. The molecule has 1 aliphatic heterocycles. The summed E-state index contributed by atoms with van der Waals surface area (Å²) in [5.41, 5.74) is 4.37.